The summed E-state index contributed by atoms with van der Waals surface area (Å²) >= 11 is 0. The predicted molar refractivity (Wildman–Crippen MR) is 87.5 cm³/mol. The van der Waals surface area contributed by atoms with Crippen LogP contribution in [-0.2, 0) is 0 Å². The Kier molecular flexibility index (Phi) is 5.40. The molecule has 0 aliphatic heterocycles. The van der Waals surface area contributed by atoms with Gasteiger partial charge in [-0.05, 0) is 43.9 Å². The molecule has 0 aromatic heterocycles. The quantitative estimate of drug-likeness (QED) is 0.684. The third kappa shape index (κ3) is 3.83. The van der Waals surface area contributed by atoms with Crippen molar-refractivity contribution < 1.29 is 9.90 Å². The molecule has 2 saturated carbocycles. The Morgan fingerprint density at radius 2 is 1.64 bits per heavy atom. The number of hydrogen-bond donors (Lipinski definition) is 3. The number of amides is 2. The number of urea groups is 1. The molecule has 2 atom stereocenters. The first kappa shape index (κ1) is 15.9. The first-order chi connectivity index (χ1) is 10.8. The van der Waals surface area contributed by atoms with Crippen molar-refractivity contribution in [2.75, 3.05) is 6.61 Å². The summed E-state index contributed by atoms with van der Waals surface area (Å²) in [5, 5.41) is 15.6. The van der Waals surface area contributed by atoms with E-state index in [1.54, 1.807) is 0 Å². The van der Waals surface area contributed by atoms with E-state index in [9.17, 15) is 9.90 Å². The Hall–Kier alpha value is -1.03. The fourth-order valence-corrected chi connectivity index (χ4v) is 4.63. The Bertz CT molecular complexity index is 382. The molecule has 0 heterocycles. The van der Waals surface area contributed by atoms with Crippen molar-refractivity contribution in [3.05, 3.63) is 12.2 Å². The molecule has 0 spiro atoms. The van der Waals surface area contributed by atoms with Crippen LogP contribution >= 0.6 is 0 Å². The molecule has 124 valence electrons. The second-order valence-electron chi connectivity index (χ2n) is 7.40. The molecule has 3 rings (SSSR count). The number of aliphatic hydroxyl groups is 1. The van der Waals surface area contributed by atoms with Gasteiger partial charge in [-0.15, -0.1) is 0 Å². The molecule has 3 aliphatic carbocycles. The maximum atomic E-state index is 12.4. The van der Waals surface area contributed by atoms with Crippen LogP contribution in [0.2, 0.25) is 0 Å². The molecule has 2 amide bonds. The van der Waals surface area contributed by atoms with E-state index in [-0.39, 0.29) is 24.6 Å². The van der Waals surface area contributed by atoms with Crippen molar-refractivity contribution in [3.8, 4) is 0 Å². The van der Waals surface area contributed by atoms with Gasteiger partial charge in [0.1, 0.15) is 0 Å². The summed E-state index contributed by atoms with van der Waals surface area (Å²) in [4.78, 5) is 12.4. The number of carbonyl (C=O) groups excluding carboxylic acids is 1. The van der Waals surface area contributed by atoms with Gasteiger partial charge in [0.15, 0.2) is 0 Å². The van der Waals surface area contributed by atoms with Crippen molar-refractivity contribution in [3.63, 3.8) is 0 Å². The minimum absolute atomic E-state index is 0.0166. The first-order valence-electron chi connectivity index (χ1n) is 9.12. The van der Waals surface area contributed by atoms with Gasteiger partial charge in [-0.25, -0.2) is 4.79 Å². The van der Waals surface area contributed by atoms with Crippen LogP contribution in [-0.4, -0.2) is 29.8 Å². The average Bonchev–Trinajstić information content (AvgIpc) is 3.26. The molecule has 4 heteroatoms. The van der Waals surface area contributed by atoms with Gasteiger partial charge in [-0.3, -0.25) is 0 Å². The molecule has 0 aromatic carbocycles. The fraction of sp³-hybridized carbons (Fsp3) is 0.833. The lowest BCUT2D eigenvalue weighted by atomic mass is 9.86. The number of carbonyl (C=O) groups is 1. The van der Waals surface area contributed by atoms with E-state index >= 15 is 0 Å². The molecule has 0 saturated heterocycles. The molecule has 3 aliphatic rings. The molecule has 22 heavy (non-hydrogen) atoms. The Balaban J connectivity index is 1.53. The highest BCUT2D eigenvalue weighted by atomic mass is 16.3. The van der Waals surface area contributed by atoms with Crippen LogP contribution in [0.5, 0.6) is 0 Å². The number of hydrogen-bond acceptors (Lipinski definition) is 2. The minimum Gasteiger partial charge on any atom is -0.396 e. The van der Waals surface area contributed by atoms with E-state index in [2.05, 4.69) is 10.6 Å². The molecule has 3 N–H and O–H groups in total. The molecule has 0 bridgehead atoms. The average molecular weight is 306 g/mol. The molecular formula is C18H30N2O2. The zero-order valence-corrected chi connectivity index (χ0v) is 13.5. The predicted octanol–water partition coefficient (Wildman–Crippen LogP) is 2.97. The van der Waals surface area contributed by atoms with Crippen LogP contribution < -0.4 is 10.6 Å². The maximum Gasteiger partial charge on any atom is 0.315 e. The summed E-state index contributed by atoms with van der Waals surface area (Å²) in [6.45, 7) is 0.170. The van der Waals surface area contributed by atoms with Crippen LogP contribution in [0, 0.1) is 17.8 Å². The van der Waals surface area contributed by atoms with Crippen LogP contribution in [0.4, 0.5) is 4.79 Å². The van der Waals surface area contributed by atoms with Crippen LogP contribution in [0.25, 0.3) is 0 Å². The standard InChI is InChI=1S/C18H30N2O2/c21-12-13-9-10-16(11-13)19-18(22)20-17(14-5-1-2-6-14)15-7-3-4-8-15/h9-10,13-17,21H,1-8,11-12H2,(H2,19,20,22)/t13-,16+/m0/s1. The Morgan fingerprint density at radius 1 is 1.05 bits per heavy atom. The van der Waals surface area contributed by atoms with Crippen molar-refractivity contribution >= 4 is 6.03 Å². The van der Waals surface area contributed by atoms with Gasteiger partial charge in [0.05, 0.1) is 0 Å². The van der Waals surface area contributed by atoms with E-state index in [1.165, 1.54) is 51.4 Å². The van der Waals surface area contributed by atoms with E-state index < -0.39 is 0 Å². The van der Waals surface area contributed by atoms with E-state index in [1.807, 2.05) is 12.2 Å². The molecule has 0 unspecified atom stereocenters. The largest absolute Gasteiger partial charge is 0.396 e. The van der Waals surface area contributed by atoms with Crippen LogP contribution in [0.15, 0.2) is 12.2 Å². The second-order valence-corrected chi connectivity index (χ2v) is 7.40. The van der Waals surface area contributed by atoms with Crippen LogP contribution in [0.3, 0.4) is 0 Å². The summed E-state index contributed by atoms with van der Waals surface area (Å²) in [6, 6.07) is 0.422. The zero-order valence-electron chi connectivity index (χ0n) is 13.5. The van der Waals surface area contributed by atoms with E-state index in [0.29, 0.717) is 17.9 Å². The van der Waals surface area contributed by atoms with Gasteiger partial charge in [0.2, 0.25) is 0 Å². The van der Waals surface area contributed by atoms with Crippen molar-refractivity contribution in [2.24, 2.45) is 17.8 Å². The van der Waals surface area contributed by atoms with Gasteiger partial charge in [0, 0.05) is 24.6 Å². The number of aliphatic hydroxyl groups excluding tert-OH is 1. The fourth-order valence-electron chi connectivity index (χ4n) is 4.63. The van der Waals surface area contributed by atoms with Gasteiger partial charge < -0.3 is 15.7 Å². The molecule has 0 radical (unpaired) electrons. The maximum absolute atomic E-state index is 12.4. The van der Waals surface area contributed by atoms with E-state index in [4.69, 9.17) is 0 Å². The molecular weight excluding hydrogens is 276 g/mol. The number of rotatable bonds is 5. The summed E-state index contributed by atoms with van der Waals surface area (Å²) in [5.41, 5.74) is 0. The number of nitrogens with one attached hydrogen (secondary N) is 2. The lowest BCUT2D eigenvalue weighted by Crippen LogP contribution is -2.50. The highest BCUT2D eigenvalue weighted by molar-refractivity contribution is 5.75. The van der Waals surface area contributed by atoms with Crippen molar-refractivity contribution in [2.45, 2.75) is 69.9 Å². The smallest absolute Gasteiger partial charge is 0.315 e. The summed E-state index contributed by atoms with van der Waals surface area (Å²) in [5.74, 6) is 1.56. The third-order valence-corrected chi connectivity index (χ3v) is 5.84. The lowest BCUT2D eigenvalue weighted by Gasteiger charge is -2.30. The van der Waals surface area contributed by atoms with Crippen molar-refractivity contribution in [1.82, 2.24) is 10.6 Å². The Labute approximate surface area is 133 Å². The normalized spacial score (nSPS) is 29.5. The minimum atomic E-state index is -0.0166. The topological polar surface area (TPSA) is 61.4 Å². The van der Waals surface area contributed by atoms with Gasteiger partial charge in [-0.2, -0.15) is 0 Å². The SMILES string of the molecule is O=C(NC(C1CCCC1)C1CCCC1)N[C@@H]1C=C[C@H](CO)C1. The summed E-state index contributed by atoms with van der Waals surface area (Å²) in [6.07, 6.45) is 15.2. The first-order valence-corrected chi connectivity index (χ1v) is 9.12. The second kappa shape index (κ2) is 7.49. The highest BCUT2D eigenvalue weighted by Crippen LogP contribution is 2.37. The van der Waals surface area contributed by atoms with Crippen molar-refractivity contribution in [1.29, 1.82) is 0 Å². The summed E-state index contributed by atoms with van der Waals surface area (Å²) < 4.78 is 0. The molecule has 2 fully saturated rings. The van der Waals surface area contributed by atoms with Gasteiger partial charge in [0.25, 0.3) is 0 Å². The monoisotopic (exact) mass is 306 g/mol. The van der Waals surface area contributed by atoms with Crippen LogP contribution in [0.1, 0.15) is 57.8 Å². The van der Waals surface area contributed by atoms with Gasteiger partial charge in [-0.1, -0.05) is 37.8 Å². The molecule has 0 aromatic rings. The third-order valence-electron chi connectivity index (χ3n) is 5.84. The van der Waals surface area contributed by atoms with E-state index in [0.717, 1.165) is 6.42 Å². The lowest BCUT2D eigenvalue weighted by molar-refractivity contribution is 0.210. The molecule has 4 nitrogen and oxygen atoms in total. The Morgan fingerprint density at radius 3 is 2.14 bits per heavy atom. The highest BCUT2D eigenvalue weighted by Gasteiger charge is 2.34. The zero-order chi connectivity index (χ0) is 15.4. The summed E-state index contributed by atoms with van der Waals surface area (Å²) in [7, 11) is 0. The van der Waals surface area contributed by atoms with Gasteiger partial charge >= 0.3 is 6.03 Å².